The normalized spacial score (nSPS) is 10.7. The topological polar surface area (TPSA) is 54.7 Å². The lowest BCUT2D eigenvalue weighted by Gasteiger charge is -1.98. The van der Waals surface area contributed by atoms with Crippen molar-refractivity contribution in [1.82, 2.24) is 9.97 Å². The first-order valence-corrected chi connectivity index (χ1v) is 6.17. The summed E-state index contributed by atoms with van der Waals surface area (Å²) in [7, 11) is 0. The lowest BCUT2D eigenvalue weighted by atomic mass is 10.2. The van der Waals surface area contributed by atoms with E-state index in [1.807, 2.05) is 30.5 Å². The number of hydrogen-bond donors (Lipinski definition) is 2. The summed E-state index contributed by atoms with van der Waals surface area (Å²) in [6, 6.07) is 7.75. The lowest BCUT2D eigenvalue weighted by Crippen LogP contribution is -1.99. The molecule has 0 spiro atoms. The van der Waals surface area contributed by atoms with Crippen LogP contribution in [0, 0.1) is 0 Å². The highest BCUT2D eigenvalue weighted by Crippen LogP contribution is 2.21. The van der Waals surface area contributed by atoms with Gasteiger partial charge in [-0.15, -0.1) is 0 Å². The smallest absolute Gasteiger partial charge is 0.106 e. The molecule has 0 bridgehead atoms. The van der Waals surface area contributed by atoms with Gasteiger partial charge in [-0.3, -0.25) is 0 Å². The maximum atomic E-state index is 5.96. The third-order valence-electron chi connectivity index (χ3n) is 2.63. The number of halogens is 1. The molecule has 4 heteroatoms. The molecule has 2 rings (SSSR count). The zero-order chi connectivity index (χ0) is 12.1. The predicted molar refractivity (Wildman–Crippen MR) is 71.0 cm³/mol. The highest BCUT2D eigenvalue weighted by Gasteiger charge is 2.03. The fourth-order valence-corrected chi connectivity index (χ4v) is 1.92. The molecule has 0 atom stereocenters. The molecule has 17 heavy (non-hydrogen) atoms. The summed E-state index contributed by atoms with van der Waals surface area (Å²) >= 11 is 5.96. The molecule has 0 saturated heterocycles. The zero-order valence-corrected chi connectivity index (χ0v) is 10.4. The van der Waals surface area contributed by atoms with Gasteiger partial charge in [-0.05, 0) is 31.5 Å². The maximum Gasteiger partial charge on any atom is 0.106 e. The lowest BCUT2D eigenvalue weighted by molar-refractivity contribution is 0.723. The Hall–Kier alpha value is -1.32. The van der Waals surface area contributed by atoms with Gasteiger partial charge in [0.05, 0.1) is 11.9 Å². The van der Waals surface area contributed by atoms with Gasteiger partial charge in [-0.2, -0.15) is 0 Å². The second kappa shape index (κ2) is 5.84. The minimum absolute atomic E-state index is 0.738. The summed E-state index contributed by atoms with van der Waals surface area (Å²) in [5, 5.41) is 0.738. The van der Waals surface area contributed by atoms with Crippen molar-refractivity contribution < 1.29 is 0 Å². The Morgan fingerprint density at radius 1 is 1.29 bits per heavy atom. The number of aromatic nitrogens is 2. The molecule has 3 N–H and O–H groups in total. The van der Waals surface area contributed by atoms with Gasteiger partial charge in [0.25, 0.3) is 0 Å². The second-order valence-corrected chi connectivity index (χ2v) is 4.44. The van der Waals surface area contributed by atoms with Gasteiger partial charge in [0.15, 0.2) is 0 Å². The first-order valence-electron chi connectivity index (χ1n) is 5.79. The SMILES string of the molecule is NCCCCc1ncc(-c2cccc(Cl)c2)[nH]1. The number of aromatic amines is 1. The van der Waals surface area contributed by atoms with Crippen molar-refractivity contribution in [2.75, 3.05) is 6.54 Å². The molecule has 1 heterocycles. The molecule has 0 radical (unpaired) electrons. The van der Waals surface area contributed by atoms with Crippen LogP contribution in [-0.4, -0.2) is 16.5 Å². The van der Waals surface area contributed by atoms with Crippen molar-refractivity contribution in [2.45, 2.75) is 19.3 Å². The van der Waals surface area contributed by atoms with Crippen LogP contribution < -0.4 is 5.73 Å². The van der Waals surface area contributed by atoms with Crippen LogP contribution in [0.15, 0.2) is 30.5 Å². The fraction of sp³-hybridized carbons (Fsp3) is 0.308. The van der Waals surface area contributed by atoms with Crippen molar-refractivity contribution in [3.05, 3.63) is 41.3 Å². The number of rotatable bonds is 5. The van der Waals surface area contributed by atoms with Gasteiger partial charge < -0.3 is 10.7 Å². The van der Waals surface area contributed by atoms with Crippen LogP contribution in [-0.2, 0) is 6.42 Å². The minimum Gasteiger partial charge on any atom is -0.342 e. The number of H-pyrrole nitrogens is 1. The number of benzene rings is 1. The van der Waals surface area contributed by atoms with Crippen LogP contribution in [0.25, 0.3) is 11.3 Å². The molecule has 0 aliphatic rings. The molecule has 0 aliphatic heterocycles. The number of nitrogens with one attached hydrogen (secondary N) is 1. The summed E-state index contributed by atoms with van der Waals surface area (Å²) in [5.41, 5.74) is 7.53. The Balaban J connectivity index is 2.07. The van der Waals surface area contributed by atoms with Crippen LogP contribution in [0.3, 0.4) is 0 Å². The van der Waals surface area contributed by atoms with Crippen molar-refractivity contribution in [3.63, 3.8) is 0 Å². The van der Waals surface area contributed by atoms with Crippen LogP contribution in [0.4, 0.5) is 0 Å². The molecular weight excluding hydrogens is 234 g/mol. The molecule has 0 amide bonds. The van der Waals surface area contributed by atoms with Crippen LogP contribution >= 0.6 is 11.6 Å². The van der Waals surface area contributed by atoms with E-state index in [1.165, 1.54) is 0 Å². The van der Waals surface area contributed by atoms with Crippen LogP contribution in [0.1, 0.15) is 18.7 Å². The minimum atomic E-state index is 0.738. The summed E-state index contributed by atoms with van der Waals surface area (Å²) in [6.07, 6.45) is 4.90. The first kappa shape index (κ1) is 12.1. The van der Waals surface area contributed by atoms with Crippen molar-refractivity contribution in [3.8, 4) is 11.3 Å². The fourth-order valence-electron chi connectivity index (χ4n) is 1.73. The molecule has 3 nitrogen and oxygen atoms in total. The Morgan fingerprint density at radius 3 is 2.94 bits per heavy atom. The molecule has 0 unspecified atom stereocenters. The third-order valence-corrected chi connectivity index (χ3v) is 2.87. The number of nitrogens with two attached hydrogens (primary N) is 1. The van der Waals surface area contributed by atoms with Gasteiger partial charge in [0.1, 0.15) is 5.82 Å². The third kappa shape index (κ3) is 3.32. The van der Waals surface area contributed by atoms with Crippen LogP contribution in [0.2, 0.25) is 5.02 Å². The van der Waals surface area contributed by atoms with E-state index in [4.69, 9.17) is 17.3 Å². The number of imidazole rings is 1. The molecule has 1 aromatic carbocycles. The van der Waals surface area contributed by atoms with Gasteiger partial charge in [0.2, 0.25) is 0 Å². The van der Waals surface area contributed by atoms with Crippen molar-refractivity contribution in [1.29, 1.82) is 0 Å². The number of aryl methyl sites for hydroxylation is 1. The van der Waals surface area contributed by atoms with E-state index in [2.05, 4.69) is 9.97 Å². The maximum absolute atomic E-state index is 5.96. The Morgan fingerprint density at radius 2 is 2.18 bits per heavy atom. The number of unbranched alkanes of at least 4 members (excludes halogenated alkanes) is 1. The quantitative estimate of drug-likeness (QED) is 0.801. The average molecular weight is 250 g/mol. The molecule has 0 fully saturated rings. The van der Waals surface area contributed by atoms with E-state index in [0.29, 0.717) is 0 Å². The molecule has 0 saturated carbocycles. The molecule has 1 aromatic heterocycles. The zero-order valence-electron chi connectivity index (χ0n) is 9.62. The summed E-state index contributed by atoms with van der Waals surface area (Å²) < 4.78 is 0. The predicted octanol–water partition coefficient (Wildman–Crippen LogP) is 3.01. The van der Waals surface area contributed by atoms with Crippen molar-refractivity contribution in [2.24, 2.45) is 5.73 Å². The van der Waals surface area contributed by atoms with Gasteiger partial charge >= 0.3 is 0 Å². The standard InChI is InChI=1S/C13H16ClN3/c14-11-5-3-4-10(8-11)12-9-16-13(17-12)6-1-2-7-15/h3-5,8-9H,1-2,6-7,15H2,(H,16,17). The van der Waals surface area contributed by atoms with Gasteiger partial charge in [0, 0.05) is 17.0 Å². The Bertz CT molecular complexity index is 479. The molecule has 90 valence electrons. The highest BCUT2D eigenvalue weighted by atomic mass is 35.5. The largest absolute Gasteiger partial charge is 0.342 e. The monoisotopic (exact) mass is 249 g/mol. The molecule has 0 aliphatic carbocycles. The van der Waals surface area contributed by atoms with E-state index in [0.717, 1.165) is 47.9 Å². The van der Waals surface area contributed by atoms with E-state index in [-0.39, 0.29) is 0 Å². The number of hydrogen-bond acceptors (Lipinski definition) is 2. The highest BCUT2D eigenvalue weighted by molar-refractivity contribution is 6.30. The van der Waals surface area contributed by atoms with Gasteiger partial charge in [-0.25, -0.2) is 4.98 Å². The van der Waals surface area contributed by atoms with E-state index >= 15 is 0 Å². The Labute approximate surface area is 106 Å². The molecular formula is C13H16ClN3. The molecule has 2 aromatic rings. The van der Waals surface area contributed by atoms with Crippen LogP contribution in [0.5, 0.6) is 0 Å². The van der Waals surface area contributed by atoms with E-state index < -0.39 is 0 Å². The van der Waals surface area contributed by atoms with E-state index in [9.17, 15) is 0 Å². The van der Waals surface area contributed by atoms with E-state index in [1.54, 1.807) is 0 Å². The Kier molecular flexibility index (Phi) is 4.18. The summed E-state index contributed by atoms with van der Waals surface area (Å²) in [6.45, 7) is 0.738. The second-order valence-electron chi connectivity index (χ2n) is 4.00. The average Bonchev–Trinajstić information content (AvgIpc) is 2.78. The summed E-state index contributed by atoms with van der Waals surface area (Å²) in [5.74, 6) is 1.01. The first-order chi connectivity index (χ1) is 8.29. The van der Waals surface area contributed by atoms with Crippen molar-refractivity contribution >= 4 is 11.6 Å². The summed E-state index contributed by atoms with van der Waals surface area (Å²) in [4.78, 5) is 7.66. The number of nitrogens with zero attached hydrogens (tertiary/aromatic N) is 1. The van der Waals surface area contributed by atoms with Gasteiger partial charge in [-0.1, -0.05) is 23.7 Å².